The Balaban J connectivity index is 1.61. The van der Waals surface area contributed by atoms with Crippen LogP contribution >= 0.6 is 0 Å². The van der Waals surface area contributed by atoms with Crippen LogP contribution in [-0.2, 0) is 34.2 Å². The van der Waals surface area contributed by atoms with Crippen molar-refractivity contribution >= 4 is 32.5 Å². The lowest BCUT2D eigenvalue weighted by molar-refractivity contribution is -0.117. The largest absolute Gasteiger partial charge is 0.369 e. The number of primary amides is 1. The second-order valence-electron chi connectivity index (χ2n) is 7.22. The molecule has 0 atom stereocenters. The maximum absolute atomic E-state index is 12.7. The number of H-pyrrole nitrogens is 1. The Morgan fingerprint density at radius 3 is 2.68 bits per heavy atom. The molecule has 1 aromatic heterocycles. The zero-order valence-corrected chi connectivity index (χ0v) is 16.3. The van der Waals surface area contributed by atoms with Crippen molar-refractivity contribution in [1.29, 1.82) is 0 Å². The van der Waals surface area contributed by atoms with E-state index in [9.17, 15) is 13.2 Å². The first kappa shape index (κ1) is 18.5. The molecular formula is C20H22N4O3S. The average molecular weight is 398 g/mol. The summed E-state index contributed by atoms with van der Waals surface area (Å²) >= 11 is 0. The molecule has 3 aromatic rings. The van der Waals surface area contributed by atoms with Gasteiger partial charge in [-0.3, -0.25) is 9.52 Å². The summed E-state index contributed by atoms with van der Waals surface area (Å²) in [6.45, 7) is 1.84. The number of carbonyl (C=O) groups is 1. The van der Waals surface area contributed by atoms with E-state index < -0.39 is 15.9 Å². The molecule has 0 saturated carbocycles. The number of nitrogens with two attached hydrogens (primary N) is 1. The lowest BCUT2D eigenvalue weighted by atomic mass is 10.0. The Labute approximate surface area is 163 Å². The van der Waals surface area contributed by atoms with E-state index in [-0.39, 0.29) is 11.3 Å². The molecule has 0 aliphatic carbocycles. The SMILES string of the molecule is CN1CCc2c([nH]c3ccc(NS(=O)(=O)c4ccc(CC(N)=O)cc4)cc23)C1. The number of hydrogen-bond donors (Lipinski definition) is 3. The Morgan fingerprint density at radius 1 is 1.21 bits per heavy atom. The van der Waals surface area contributed by atoms with E-state index >= 15 is 0 Å². The molecule has 28 heavy (non-hydrogen) atoms. The maximum Gasteiger partial charge on any atom is 0.261 e. The molecule has 1 amide bonds. The molecule has 4 rings (SSSR count). The van der Waals surface area contributed by atoms with Crippen molar-refractivity contribution in [2.45, 2.75) is 24.3 Å². The van der Waals surface area contributed by atoms with Crippen LogP contribution in [0.1, 0.15) is 16.8 Å². The second kappa shape index (κ2) is 6.96. The van der Waals surface area contributed by atoms with Crippen LogP contribution in [-0.4, -0.2) is 37.8 Å². The van der Waals surface area contributed by atoms with Gasteiger partial charge in [0.15, 0.2) is 0 Å². The fourth-order valence-electron chi connectivity index (χ4n) is 3.64. The van der Waals surface area contributed by atoms with Gasteiger partial charge in [0.05, 0.1) is 11.3 Å². The lowest BCUT2D eigenvalue weighted by Gasteiger charge is -2.22. The van der Waals surface area contributed by atoms with Crippen molar-refractivity contribution in [2.24, 2.45) is 5.73 Å². The van der Waals surface area contributed by atoms with Crippen molar-refractivity contribution < 1.29 is 13.2 Å². The monoisotopic (exact) mass is 398 g/mol. The van der Waals surface area contributed by atoms with E-state index in [1.807, 2.05) is 12.1 Å². The third kappa shape index (κ3) is 3.61. The third-order valence-electron chi connectivity index (χ3n) is 5.03. The predicted molar refractivity (Wildman–Crippen MR) is 108 cm³/mol. The van der Waals surface area contributed by atoms with E-state index in [1.54, 1.807) is 18.2 Å². The first-order valence-corrected chi connectivity index (χ1v) is 10.5. The summed E-state index contributed by atoms with van der Waals surface area (Å²) < 4.78 is 28.1. The molecule has 0 radical (unpaired) electrons. The Kier molecular flexibility index (Phi) is 4.60. The number of nitrogens with zero attached hydrogens (tertiary/aromatic N) is 1. The van der Waals surface area contributed by atoms with E-state index in [2.05, 4.69) is 21.7 Å². The van der Waals surface area contributed by atoms with Crippen LogP contribution in [0.3, 0.4) is 0 Å². The van der Waals surface area contributed by atoms with Crippen LogP contribution < -0.4 is 10.5 Å². The molecule has 1 aliphatic heterocycles. The number of aromatic amines is 1. The van der Waals surface area contributed by atoms with Gasteiger partial charge < -0.3 is 15.6 Å². The summed E-state index contributed by atoms with van der Waals surface area (Å²) in [6.07, 6.45) is 1.02. The average Bonchev–Trinajstić information content (AvgIpc) is 2.98. The molecule has 1 aliphatic rings. The summed E-state index contributed by atoms with van der Waals surface area (Å²) in [6, 6.07) is 11.7. The van der Waals surface area contributed by atoms with Gasteiger partial charge in [-0.1, -0.05) is 12.1 Å². The van der Waals surface area contributed by atoms with Crippen molar-refractivity contribution in [3.05, 3.63) is 59.3 Å². The number of rotatable bonds is 5. The zero-order chi connectivity index (χ0) is 19.9. The molecule has 0 fully saturated rings. The standard InChI is InChI=1S/C20H22N4O3S/c1-24-9-8-16-17-11-14(4-7-18(17)22-19(16)12-24)23-28(26,27)15-5-2-13(3-6-15)10-20(21)25/h2-7,11,22-23H,8-10,12H2,1H3,(H2,21,25). The van der Waals surface area contributed by atoms with Gasteiger partial charge in [0.2, 0.25) is 5.91 Å². The molecular weight excluding hydrogens is 376 g/mol. The predicted octanol–water partition coefficient (Wildman–Crippen LogP) is 1.98. The van der Waals surface area contributed by atoms with Gasteiger partial charge in [-0.15, -0.1) is 0 Å². The Bertz CT molecular complexity index is 1150. The van der Waals surface area contributed by atoms with Crippen molar-refractivity contribution in [3.63, 3.8) is 0 Å². The molecule has 2 aromatic carbocycles. The first-order valence-electron chi connectivity index (χ1n) is 9.04. The number of anilines is 1. The minimum absolute atomic E-state index is 0.0816. The van der Waals surface area contributed by atoms with Crippen LogP contribution in [0.4, 0.5) is 5.69 Å². The molecule has 2 heterocycles. The lowest BCUT2D eigenvalue weighted by Crippen LogP contribution is -2.26. The van der Waals surface area contributed by atoms with E-state index in [4.69, 9.17) is 5.73 Å². The molecule has 0 unspecified atom stereocenters. The van der Waals surface area contributed by atoms with E-state index in [0.717, 1.165) is 30.4 Å². The Morgan fingerprint density at radius 2 is 1.96 bits per heavy atom. The summed E-state index contributed by atoms with van der Waals surface area (Å²) in [5.41, 5.74) is 9.82. The zero-order valence-electron chi connectivity index (χ0n) is 15.5. The fourth-order valence-corrected chi connectivity index (χ4v) is 4.69. The minimum atomic E-state index is -3.72. The number of hydrogen-bond acceptors (Lipinski definition) is 4. The van der Waals surface area contributed by atoms with Crippen LogP contribution in [0, 0.1) is 0 Å². The van der Waals surface area contributed by atoms with Gasteiger partial charge in [0.25, 0.3) is 10.0 Å². The molecule has 0 saturated heterocycles. The molecule has 4 N–H and O–H groups in total. The van der Waals surface area contributed by atoms with E-state index in [0.29, 0.717) is 11.3 Å². The maximum atomic E-state index is 12.7. The van der Waals surface area contributed by atoms with Gasteiger partial charge >= 0.3 is 0 Å². The van der Waals surface area contributed by atoms with Crippen LogP contribution in [0.25, 0.3) is 10.9 Å². The highest BCUT2D eigenvalue weighted by atomic mass is 32.2. The van der Waals surface area contributed by atoms with Gasteiger partial charge in [0.1, 0.15) is 0 Å². The summed E-state index contributed by atoms with van der Waals surface area (Å²) in [4.78, 5) is 16.8. The van der Waals surface area contributed by atoms with Gasteiger partial charge in [-0.05, 0) is 54.9 Å². The van der Waals surface area contributed by atoms with Crippen LogP contribution in [0.15, 0.2) is 47.4 Å². The number of aromatic nitrogens is 1. The van der Waals surface area contributed by atoms with Crippen LogP contribution in [0.2, 0.25) is 0 Å². The van der Waals surface area contributed by atoms with E-state index in [1.165, 1.54) is 23.4 Å². The van der Waals surface area contributed by atoms with Gasteiger partial charge in [0, 0.05) is 35.4 Å². The topological polar surface area (TPSA) is 108 Å². The quantitative estimate of drug-likeness (QED) is 0.611. The number of likely N-dealkylation sites (N-methyl/N-ethyl adjacent to an activating group) is 1. The van der Waals surface area contributed by atoms with Crippen LogP contribution in [0.5, 0.6) is 0 Å². The number of carbonyl (C=O) groups excluding carboxylic acids is 1. The number of benzene rings is 2. The number of amides is 1. The highest BCUT2D eigenvalue weighted by Gasteiger charge is 2.20. The summed E-state index contributed by atoms with van der Waals surface area (Å²) in [5.74, 6) is -0.455. The number of sulfonamides is 1. The molecule has 0 bridgehead atoms. The highest BCUT2D eigenvalue weighted by molar-refractivity contribution is 7.92. The Hall–Kier alpha value is -2.84. The molecule has 7 nitrogen and oxygen atoms in total. The molecule has 8 heteroatoms. The normalized spacial score (nSPS) is 14.8. The molecule has 146 valence electrons. The smallest absolute Gasteiger partial charge is 0.261 e. The van der Waals surface area contributed by atoms with Crippen molar-refractivity contribution in [1.82, 2.24) is 9.88 Å². The number of nitrogens with one attached hydrogen (secondary N) is 2. The second-order valence-corrected chi connectivity index (χ2v) is 8.91. The van der Waals surface area contributed by atoms with Crippen molar-refractivity contribution in [3.8, 4) is 0 Å². The minimum Gasteiger partial charge on any atom is -0.369 e. The van der Waals surface area contributed by atoms with Gasteiger partial charge in [-0.2, -0.15) is 0 Å². The first-order chi connectivity index (χ1) is 13.3. The number of fused-ring (bicyclic) bond motifs is 3. The third-order valence-corrected chi connectivity index (χ3v) is 6.43. The summed E-state index contributed by atoms with van der Waals surface area (Å²) in [5, 5.41) is 1.06. The summed E-state index contributed by atoms with van der Waals surface area (Å²) in [7, 11) is -1.64. The molecule has 0 spiro atoms. The highest BCUT2D eigenvalue weighted by Crippen LogP contribution is 2.30. The van der Waals surface area contributed by atoms with Gasteiger partial charge in [-0.25, -0.2) is 8.42 Å². The van der Waals surface area contributed by atoms with Crippen molar-refractivity contribution in [2.75, 3.05) is 18.3 Å². The fraction of sp³-hybridized carbons (Fsp3) is 0.250.